The van der Waals surface area contributed by atoms with E-state index in [0.717, 1.165) is 57.4 Å². The van der Waals surface area contributed by atoms with Crippen LogP contribution >= 0.6 is 0 Å². The number of aryl methyl sites for hydroxylation is 1. The maximum atomic E-state index is 5.30. The van der Waals surface area contributed by atoms with Gasteiger partial charge in [0.25, 0.3) is 0 Å². The molecule has 1 fully saturated rings. The summed E-state index contributed by atoms with van der Waals surface area (Å²) >= 11 is 0. The summed E-state index contributed by atoms with van der Waals surface area (Å²) in [5.41, 5.74) is 0. The van der Waals surface area contributed by atoms with Crippen LogP contribution in [-0.2, 0) is 17.7 Å². The van der Waals surface area contributed by atoms with E-state index < -0.39 is 0 Å². The van der Waals surface area contributed by atoms with E-state index in [1.54, 1.807) is 7.11 Å². The van der Waals surface area contributed by atoms with Crippen molar-refractivity contribution in [2.75, 3.05) is 39.8 Å². The Balaban J connectivity index is 1.74. The first-order chi connectivity index (χ1) is 9.21. The Hall–Kier alpha value is -0.980. The minimum atomic E-state index is 0.302. The van der Waals surface area contributed by atoms with E-state index in [1.807, 2.05) is 6.92 Å². The number of rotatable bonds is 6. The zero-order chi connectivity index (χ0) is 13.7. The summed E-state index contributed by atoms with van der Waals surface area (Å²) in [6, 6.07) is 0. The highest BCUT2D eigenvalue weighted by Crippen LogP contribution is 2.08. The molecule has 0 bridgehead atoms. The molecule has 1 aromatic heterocycles. The molecule has 0 amide bonds. The summed E-state index contributed by atoms with van der Waals surface area (Å²) in [5.74, 6) is 1.53. The highest BCUT2D eigenvalue weighted by Gasteiger charge is 2.19. The first kappa shape index (κ1) is 14.4. The Morgan fingerprint density at radius 2 is 1.95 bits per heavy atom. The minimum Gasteiger partial charge on any atom is -0.380 e. The zero-order valence-electron chi connectivity index (χ0n) is 12.1. The molecule has 2 heterocycles. The maximum Gasteiger partial charge on any atom is 0.226 e. The fourth-order valence-corrected chi connectivity index (χ4v) is 2.27. The molecule has 0 N–H and O–H groups in total. The third-order valence-electron chi connectivity index (χ3n) is 3.56. The van der Waals surface area contributed by atoms with E-state index in [1.165, 1.54) is 0 Å². The van der Waals surface area contributed by atoms with Gasteiger partial charge in [-0.3, -0.25) is 9.80 Å². The molecular formula is C13H24N4O2. The lowest BCUT2D eigenvalue weighted by Crippen LogP contribution is -2.48. The fraction of sp³-hybridized carbons (Fsp3) is 0.846. The van der Waals surface area contributed by atoms with Gasteiger partial charge >= 0.3 is 0 Å². The van der Waals surface area contributed by atoms with Crippen LogP contribution in [0.25, 0.3) is 0 Å². The maximum absolute atomic E-state index is 5.30. The van der Waals surface area contributed by atoms with Crippen LogP contribution in [0.5, 0.6) is 0 Å². The number of piperazine rings is 1. The Bertz CT molecular complexity index is 374. The third kappa shape index (κ3) is 4.26. The van der Waals surface area contributed by atoms with Gasteiger partial charge < -0.3 is 9.26 Å². The number of nitrogens with zero attached hydrogens (tertiary/aromatic N) is 4. The van der Waals surface area contributed by atoms with Gasteiger partial charge in [0.05, 0.1) is 12.6 Å². The van der Waals surface area contributed by atoms with E-state index >= 15 is 0 Å². The molecule has 108 valence electrons. The first-order valence-electron chi connectivity index (χ1n) is 7.00. The Morgan fingerprint density at radius 1 is 1.26 bits per heavy atom. The van der Waals surface area contributed by atoms with Crippen LogP contribution in [0.2, 0.25) is 0 Å². The summed E-state index contributed by atoms with van der Waals surface area (Å²) in [4.78, 5) is 9.17. The van der Waals surface area contributed by atoms with E-state index in [4.69, 9.17) is 9.26 Å². The Morgan fingerprint density at radius 3 is 2.53 bits per heavy atom. The first-order valence-corrected chi connectivity index (χ1v) is 7.00. The molecule has 0 saturated carbocycles. The van der Waals surface area contributed by atoms with Gasteiger partial charge in [-0.25, -0.2) is 0 Å². The standard InChI is InChI=1S/C13H24N4O2/c1-4-13-14-12(15-19-13)10-17-7-5-16(6-8-17)9-11(2)18-3/h11H,4-10H2,1-3H3. The molecule has 6 heteroatoms. The van der Waals surface area contributed by atoms with Crippen LogP contribution in [0, 0.1) is 0 Å². The number of methoxy groups -OCH3 is 1. The van der Waals surface area contributed by atoms with Crippen LogP contribution in [0.3, 0.4) is 0 Å². The van der Waals surface area contributed by atoms with Crippen molar-refractivity contribution < 1.29 is 9.26 Å². The van der Waals surface area contributed by atoms with Crippen molar-refractivity contribution in [2.24, 2.45) is 0 Å². The predicted octanol–water partition coefficient (Wildman–Crippen LogP) is 0.784. The van der Waals surface area contributed by atoms with E-state index in [-0.39, 0.29) is 0 Å². The van der Waals surface area contributed by atoms with Crippen molar-refractivity contribution in [3.8, 4) is 0 Å². The molecule has 1 aliphatic heterocycles. The second-order valence-electron chi connectivity index (χ2n) is 5.08. The van der Waals surface area contributed by atoms with Crippen molar-refractivity contribution in [2.45, 2.75) is 32.9 Å². The molecule has 6 nitrogen and oxygen atoms in total. The Labute approximate surface area is 114 Å². The minimum absolute atomic E-state index is 0.302. The van der Waals surface area contributed by atoms with Crippen LogP contribution in [0.4, 0.5) is 0 Å². The van der Waals surface area contributed by atoms with Gasteiger partial charge in [0.15, 0.2) is 5.82 Å². The summed E-state index contributed by atoms with van der Waals surface area (Å²) in [7, 11) is 1.77. The van der Waals surface area contributed by atoms with Gasteiger partial charge in [0.2, 0.25) is 5.89 Å². The summed E-state index contributed by atoms with van der Waals surface area (Å²) in [5, 5.41) is 4.00. The van der Waals surface area contributed by atoms with Gasteiger partial charge in [-0.2, -0.15) is 4.98 Å². The second-order valence-corrected chi connectivity index (χ2v) is 5.08. The van der Waals surface area contributed by atoms with Crippen LogP contribution in [0.15, 0.2) is 4.52 Å². The van der Waals surface area contributed by atoms with E-state index in [9.17, 15) is 0 Å². The molecule has 19 heavy (non-hydrogen) atoms. The van der Waals surface area contributed by atoms with E-state index in [0.29, 0.717) is 6.10 Å². The average Bonchev–Trinajstić information content (AvgIpc) is 2.88. The van der Waals surface area contributed by atoms with Crippen LogP contribution < -0.4 is 0 Å². The summed E-state index contributed by atoms with van der Waals surface area (Å²) in [6.45, 7) is 10.2. The lowest BCUT2D eigenvalue weighted by atomic mass is 10.2. The lowest BCUT2D eigenvalue weighted by molar-refractivity contribution is 0.0502. The summed E-state index contributed by atoms with van der Waals surface area (Å²) < 4.78 is 10.4. The average molecular weight is 268 g/mol. The summed E-state index contributed by atoms with van der Waals surface area (Å²) in [6.07, 6.45) is 1.10. The molecule has 1 aliphatic rings. The third-order valence-corrected chi connectivity index (χ3v) is 3.56. The van der Waals surface area contributed by atoms with Crippen LogP contribution in [0.1, 0.15) is 25.6 Å². The van der Waals surface area contributed by atoms with Gasteiger partial charge in [-0.1, -0.05) is 12.1 Å². The zero-order valence-corrected chi connectivity index (χ0v) is 12.1. The van der Waals surface area contributed by atoms with Crippen molar-refractivity contribution >= 4 is 0 Å². The Kier molecular flexibility index (Phi) is 5.30. The molecule has 1 atom stereocenters. The molecule has 1 saturated heterocycles. The normalized spacial score (nSPS) is 19.7. The smallest absolute Gasteiger partial charge is 0.226 e. The van der Waals surface area contributed by atoms with Gasteiger partial charge in [-0.05, 0) is 6.92 Å². The molecule has 0 radical (unpaired) electrons. The van der Waals surface area contributed by atoms with Crippen molar-refractivity contribution in [3.05, 3.63) is 11.7 Å². The largest absolute Gasteiger partial charge is 0.380 e. The molecule has 0 aromatic carbocycles. The van der Waals surface area contributed by atoms with Crippen molar-refractivity contribution in [3.63, 3.8) is 0 Å². The van der Waals surface area contributed by atoms with Crippen molar-refractivity contribution in [1.29, 1.82) is 0 Å². The monoisotopic (exact) mass is 268 g/mol. The molecule has 0 spiro atoms. The number of hydrogen-bond acceptors (Lipinski definition) is 6. The van der Waals surface area contributed by atoms with E-state index in [2.05, 4.69) is 26.9 Å². The number of hydrogen-bond donors (Lipinski definition) is 0. The molecular weight excluding hydrogens is 244 g/mol. The highest BCUT2D eigenvalue weighted by atomic mass is 16.5. The van der Waals surface area contributed by atoms with Crippen LogP contribution in [-0.4, -0.2) is 65.9 Å². The van der Waals surface area contributed by atoms with Crippen molar-refractivity contribution in [1.82, 2.24) is 19.9 Å². The SMILES string of the molecule is CCc1nc(CN2CCN(CC(C)OC)CC2)no1. The van der Waals surface area contributed by atoms with Gasteiger partial charge in [-0.15, -0.1) is 0 Å². The number of aromatic nitrogens is 2. The topological polar surface area (TPSA) is 54.6 Å². The van der Waals surface area contributed by atoms with Gasteiger partial charge in [0.1, 0.15) is 0 Å². The fourth-order valence-electron chi connectivity index (χ4n) is 2.27. The molecule has 1 aromatic rings. The quantitative estimate of drug-likeness (QED) is 0.760. The second kappa shape index (κ2) is 6.98. The molecule has 1 unspecified atom stereocenters. The lowest BCUT2D eigenvalue weighted by Gasteiger charge is -2.35. The highest BCUT2D eigenvalue weighted by molar-refractivity contribution is 4.87. The molecule has 0 aliphatic carbocycles. The predicted molar refractivity (Wildman–Crippen MR) is 71.9 cm³/mol. The number of ether oxygens (including phenoxy) is 1. The van der Waals surface area contributed by atoms with Gasteiger partial charge in [0, 0.05) is 46.3 Å². The molecule has 2 rings (SSSR count).